The number of rotatable bonds is 5. The molecule has 3 atom stereocenters. The van der Waals surface area contributed by atoms with E-state index in [0.29, 0.717) is 23.6 Å². The number of anilines is 1. The van der Waals surface area contributed by atoms with Gasteiger partial charge < -0.3 is 9.84 Å². The molecule has 0 aromatic heterocycles. The summed E-state index contributed by atoms with van der Waals surface area (Å²) in [5.74, 6) is -1.07. The van der Waals surface area contributed by atoms with E-state index >= 15 is 0 Å². The van der Waals surface area contributed by atoms with Gasteiger partial charge in [0.1, 0.15) is 17.2 Å². The second kappa shape index (κ2) is 8.94. The second-order valence-corrected chi connectivity index (χ2v) is 14.2. The van der Waals surface area contributed by atoms with E-state index in [4.69, 9.17) is 20.6 Å². The predicted octanol–water partition coefficient (Wildman–Crippen LogP) is 5.17. The molecule has 0 amide bonds. The van der Waals surface area contributed by atoms with E-state index in [1.807, 2.05) is 32.0 Å². The molecule has 2 bridgehead atoms. The van der Waals surface area contributed by atoms with Crippen molar-refractivity contribution in [3.8, 4) is 5.75 Å². The summed E-state index contributed by atoms with van der Waals surface area (Å²) in [5, 5.41) is 11.6. The number of hydrogen-bond acceptors (Lipinski definition) is 7. The molecule has 1 spiro atoms. The summed E-state index contributed by atoms with van der Waals surface area (Å²) >= 11 is 6.29. The molecule has 0 saturated heterocycles. The summed E-state index contributed by atoms with van der Waals surface area (Å²) < 4.78 is 39.7. The number of ketones is 1. The van der Waals surface area contributed by atoms with Crippen LogP contribution in [0.2, 0.25) is 5.02 Å². The topological polar surface area (TPSA) is 110 Å². The first kappa shape index (κ1) is 26.6. The predicted molar refractivity (Wildman–Crippen MR) is 146 cm³/mol. The highest BCUT2D eigenvalue weighted by atomic mass is 35.5. The van der Waals surface area contributed by atoms with E-state index in [-0.39, 0.29) is 36.1 Å². The van der Waals surface area contributed by atoms with Crippen LogP contribution < -0.4 is 9.80 Å². The number of nitrogens with zero attached hydrogens (tertiary/aromatic N) is 1. The second-order valence-electron chi connectivity index (χ2n) is 12.2. The van der Waals surface area contributed by atoms with Crippen LogP contribution in [0.5, 0.6) is 5.75 Å². The first-order chi connectivity index (χ1) is 18.4. The molecule has 1 unspecified atom stereocenters. The highest BCUT2D eigenvalue weighted by Crippen LogP contribution is 2.64. The molecule has 2 aromatic carbocycles. The van der Waals surface area contributed by atoms with Gasteiger partial charge in [-0.1, -0.05) is 31.5 Å². The number of ether oxygens (including phenoxy) is 1. The van der Waals surface area contributed by atoms with E-state index < -0.39 is 38.1 Å². The van der Waals surface area contributed by atoms with Gasteiger partial charge in [-0.3, -0.25) is 4.79 Å². The van der Waals surface area contributed by atoms with Crippen LogP contribution in [0.25, 0.3) is 0 Å². The molecule has 6 rings (SSSR count). The van der Waals surface area contributed by atoms with Gasteiger partial charge in [-0.05, 0) is 84.9 Å². The maximum atomic E-state index is 13.8. The lowest BCUT2D eigenvalue weighted by atomic mass is 9.70. The fourth-order valence-corrected chi connectivity index (χ4v) is 9.52. The summed E-state index contributed by atoms with van der Waals surface area (Å²) in [5.41, 5.74) is 0.256. The smallest absolute Gasteiger partial charge is 0.335 e. The quantitative estimate of drug-likeness (QED) is 0.522. The standard InChI is InChI=1S/C29H32ClNO7S/c1-27(2)20-9-11-29(27,25(32)14-20)17-39(35,36)38-31-15-28(10-3-4-18-12-21(30)6-7-22(18)28)16-37-24-8-5-19(26(33)34)13-23(24)31/h5-8,12-13,20H,3-4,9-11,14-17H2,1-2H3,(H,33,34)/t20-,28+,29?/m1/s1. The van der Waals surface area contributed by atoms with Gasteiger partial charge in [-0.2, -0.15) is 8.42 Å². The third-order valence-electron chi connectivity index (χ3n) is 9.93. The van der Waals surface area contributed by atoms with E-state index in [1.54, 1.807) is 0 Å². The minimum Gasteiger partial charge on any atom is -0.490 e. The lowest BCUT2D eigenvalue weighted by Crippen LogP contribution is -2.48. The SMILES string of the molecule is CC1(C)[C@@H]2CCC1(CS(=O)(=O)ON1C[C@@]3(CCCc4cc(Cl)ccc43)COc3ccc(C(=O)O)cc31)C(=O)C2. The summed E-state index contributed by atoms with van der Waals surface area (Å²) in [6.07, 6.45) is 4.15. The van der Waals surface area contributed by atoms with Gasteiger partial charge in [0.2, 0.25) is 0 Å². The van der Waals surface area contributed by atoms with Crippen molar-refractivity contribution >= 4 is 39.2 Å². The van der Waals surface area contributed by atoms with E-state index in [1.165, 1.54) is 23.3 Å². The fourth-order valence-electron chi connectivity index (χ4n) is 7.58. The van der Waals surface area contributed by atoms with Crippen molar-refractivity contribution in [2.24, 2.45) is 16.7 Å². The zero-order valence-corrected chi connectivity index (χ0v) is 23.6. The average Bonchev–Trinajstić information content (AvgIpc) is 3.12. The Hall–Kier alpha value is -2.62. The number of halogens is 1. The van der Waals surface area contributed by atoms with Gasteiger partial charge in [-0.25, -0.2) is 9.86 Å². The van der Waals surface area contributed by atoms with Crippen molar-refractivity contribution in [3.05, 3.63) is 58.1 Å². The average molecular weight is 574 g/mol. The number of aromatic carboxylic acids is 1. The molecule has 2 fully saturated rings. The van der Waals surface area contributed by atoms with Crippen LogP contribution in [0.4, 0.5) is 5.69 Å². The maximum absolute atomic E-state index is 13.8. The first-order valence-electron chi connectivity index (χ1n) is 13.4. The van der Waals surface area contributed by atoms with Crippen molar-refractivity contribution in [1.29, 1.82) is 0 Å². The van der Waals surface area contributed by atoms with Crippen molar-refractivity contribution in [2.45, 2.75) is 57.8 Å². The molecule has 1 aliphatic heterocycles. The van der Waals surface area contributed by atoms with E-state index in [9.17, 15) is 23.1 Å². The Bertz CT molecular complexity index is 1490. The molecule has 3 aliphatic carbocycles. The Morgan fingerprint density at radius 3 is 2.69 bits per heavy atom. The van der Waals surface area contributed by atoms with Crippen molar-refractivity contribution in [3.63, 3.8) is 0 Å². The lowest BCUT2D eigenvalue weighted by molar-refractivity contribution is -0.128. The number of hydrogen-bond donors (Lipinski definition) is 1. The number of Topliss-reactive ketones (excluding diaryl/α,β-unsaturated/α-hetero) is 1. The molecule has 2 saturated carbocycles. The third kappa shape index (κ3) is 4.16. The Morgan fingerprint density at radius 1 is 1.21 bits per heavy atom. The Kier molecular flexibility index (Phi) is 6.10. The minimum absolute atomic E-state index is 0.0144. The number of carboxylic acids is 1. The number of carbonyl (C=O) groups excluding carboxylic acids is 1. The molecular weight excluding hydrogens is 542 g/mol. The molecule has 1 heterocycles. The van der Waals surface area contributed by atoms with Gasteiger partial charge in [-0.15, -0.1) is 4.28 Å². The zero-order chi connectivity index (χ0) is 27.8. The summed E-state index contributed by atoms with van der Waals surface area (Å²) in [6, 6.07) is 10.1. The van der Waals surface area contributed by atoms with Gasteiger partial charge in [0.15, 0.2) is 0 Å². The molecule has 8 nitrogen and oxygen atoms in total. The van der Waals surface area contributed by atoms with Gasteiger partial charge in [0.05, 0.1) is 29.9 Å². The third-order valence-corrected chi connectivity index (χ3v) is 11.4. The maximum Gasteiger partial charge on any atom is 0.335 e. The molecule has 1 N–H and O–H groups in total. The number of aryl methyl sites for hydroxylation is 1. The van der Waals surface area contributed by atoms with Gasteiger partial charge in [0, 0.05) is 16.9 Å². The van der Waals surface area contributed by atoms with Gasteiger partial charge >= 0.3 is 5.97 Å². The number of fused-ring (bicyclic) bond motifs is 5. The van der Waals surface area contributed by atoms with Crippen LogP contribution in [-0.2, 0) is 31.0 Å². The molecule has 4 aliphatic rings. The Morgan fingerprint density at radius 2 is 2.00 bits per heavy atom. The summed E-state index contributed by atoms with van der Waals surface area (Å²) in [6.45, 7) is 4.36. The van der Waals surface area contributed by atoms with Crippen LogP contribution in [0, 0.1) is 16.7 Å². The normalized spacial score (nSPS) is 29.1. The molecule has 10 heteroatoms. The van der Waals surface area contributed by atoms with Gasteiger partial charge in [0.25, 0.3) is 10.1 Å². The van der Waals surface area contributed by atoms with Crippen LogP contribution in [0.1, 0.15) is 67.4 Å². The minimum atomic E-state index is -4.26. The molecular formula is C29H32ClNO7S. The number of carboxylic acid groups (broad SMARTS) is 1. The Balaban J connectivity index is 1.41. The molecule has 208 valence electrons. The summed E-state index contributed by atoms with van der Waals surface area (Å²) in [7, 11) is -4.26. The summed E-state index contributed by atoms with van der Waals surface area (Å²) in [4.78, 5) is 24.9. The first-order valence-corrected chi connectivity index (χ1v) is 15.3. The fraction of sp³-hybridized carbons (Fsp3) is 0.517. The highest BCUT2D eigenvalue weighted by Gasteiger charge is 2.65. The number of benzene rings is 2. The molecule has 0 radical (unpaired) electrons. The van der Waals surface area contributed by atoms with Crippen molar-refractivity contribution in [1.82, 2.24) is 0 Å². The molecule has 39 heavy (non-hydrogen) atoms. The van der Waals surface area contributed by atoms with Crippen molar-refractivity contribution < 1.29 is 32.1 Å². The number of carbonyl (C=O) groups is 2. The van der Waals surface area contributed by atoms with Crippen LogP contribution in [-0.4, -0.2) is 44.2 Å². The largest absolute Gasteiger partial charge is 0.490 e. The Labute approximate surface area is 233 Å². The van der Waals surface area contributed by atoms with E-state index in [2.05, 4.69) is 0 Å². The van der Waals surface area contributed by atoms with Crippen LogP contribution in [0.3, 0.4) is 0 Å². The number of hydroxylamine groups is 1. The lowest BCUT2D eigenvalue weighted by Gasteiger charge is -2.40. The van der Waals surface area contributed by atoms with Crippen LogP contribution in [0.15, 0.2) is 36.4 Å². The molecule has 2 aromatic rings. The highest BCUT2D eigenvalue weighted by molar-refractivity contribution is 7.86. The van der Waals surface area contributed by atoms with Crippen molar-refractivity contribution in [2.75, 3.05) is 24.0 Å². The van der Waals surface area contributed by atoms with E-state index in [0.717, 1.165) is 36.8 Å². The zero-order valence-electron chi connectivity index (χ0n) is 22.0. The monoisotopic (exact) mass is 573 g/mol. The van der Waals surface area contributed by atoms with Crippen LogP contribution >= 0.6 is 11.6 Å².